The summed E-state index contributed by atoms with van der Waals surface area (Å²) in [4.78, 5) is 12.6. The molecule has 2 rings (SSSR count). The van der Waals surface area contributed by atoms with Crippen LogP contribution >= 0.6 is 15.9 Å². The van der Waals surface area contributed by atoms with Gasteiger partial charge in [0.2, 0.25) is 11.8 Å². The number of pyridine rings is 1. The van der Waals surface area contributed by atoms with Gasteiger partial charge in [0.15, 0.2) is 0 Å². The Balaban J connectivity index is 2.19. The summed E-state index contributed by atoms with van der Waals surface area (Å²) in [5, 5.41) is 3.13. The number of aromatic nitrogens is 3. The number of ether oxygens (including phenoxy) is 1. The summed E-state index contributed by atoms with van der Waals surface area (Å²) in [6, 6.07) is 1.84. The molecule has 0 spiro atoms. The van der Waals surface area contributed by atoms with E-state index in [-0.39, 0.29) is 0 Å². The highest BCUT2D eigenvalue weighted by atomic mass is 79.9. The van der Waals surface area contributed by atoms with Crippen LogP contribution in [0.5, 0.6) is 11.6 Å². The smallest absolute Gasteiger partial charge is 0.227 e. The fraction of sp³-hybridized carbons (Fsp3) is 0.308. The topological polar surface area (TPSA) is 59.9 Å². The van der Waals surface area contributed by atoms with Crippen molar-refractivity contribution in [2.75, 3.05) is 11.9 Å². The molecule has 1 N–H and O–H groups in total. The van der Waals surface area contributed by atoms with E-state index in [0.717, 1.165) is 23.0 Å². The van der Waals surface area contributed by atoms with Crippen LogP contribution in [-0.4, -0.2) is 21.5 Å². The lowest BCUT2D eigenvalue weighted by molar-refractivity contribution is 0.455. The summed E-state index contributed by atoms with van der Waals surface area (Å²) in [6.07, 6.45) is 6.11. The molecule has 6 heteroatoms. The first-order valence-electron chi connectivity index (χ1n) is 6.05. The maximum Gasteiger partial charge on any atom is 0.227 e. The van der Waals surface area contributed by atoms with E-state index in [4.69, 9.17) is 4.74 Å². The molecule has 19 heavy (non-hydrogen) atoms. The van der Waals surface area contributed by atoms with Crippen molar-refractivity contribution in [3.05, 3.63) is 34.7 Å². The van der Waals surface area contributed by atoms with E-state index in [9.17, 15) is 0 Å². The first-order valence-corrected chi connectivity index (χ1v) is 6.84. The van der Waals surface area contributed by atoms with Crippen molar-refractivity contribution in [2.24, 2.45) is 0 Å². The highest BCUT2D eigenvalue weighted by Gasteiger charge is 2.06. The van der Waals surface area contributed by atoms with Gasteiger partial charge in [0.1, 0.15) is 5.75 Å². The van der Waals surface area contributed by atoms with Gasteiger partial charge < -0.3 is 10.1 Å². The van der Waals surface area contributed by atoms with Crippen LogP contribution in [0.25, 0.3) is 0 Å². The van der Waals surface area contributed by atoms with E-state index >= 15 is 0 Å². The molecule has 0 amide bonds. The minimum absolute atomic E-state index is 0.536. The third kappa shape index (κ3) is 3.89. The molecule has 0 aromatic carbocycles. The molecule has 0 aliphatic carbocycles. The van der Waals surface area contributed by atoms with Crippen LogP contribution in [0.3, 0.4) is 0 Å². The Hall–Kier alpha value is -1.69. The van der Waals surface area contributed by atoms with E-state index in [1.807, 2.05) is 13.0 Å². The molecule has 2 aromatic rings. The first-order chi connectivity index (χ1) is 9.19. The number of nitrogens with zero attached hydrogens (tertiary/aromatic N) is 3. The molecule has 2 heterocycles. The molecule has 0 fully saturated rings. The number of anilines is 1. The lowest BCUT2D eigenvalue weighted by Gasteiger charge is -2.09. The predicted molar refractivity (Wildman–Crippen MR) is 77.6 cm³/mol. The summed E-state index contributed by atoms with van der Waals surface area (Å²) in [6.45, 7) is 4.83. The number of halogens is 1. The zero-order valence-electron chi connectivity index (χ0n) is 10.9. The molecule has 0 aliphatic heterocycles. The third-order valence-electron chi connectivity index (χ3n) is 2.35. The van der Waals surface area contributed by atoms with Gasteiger partial charge in [-0.2, -0.15) is 4.98 Å². The average molecular weight is 323 g/mol. The van der Waals surface area contributed by atoms with Crippen molar-refractivity contribution < 1.29 is 4.74 Å². The van der Waals surface area contributed by atoms with Gasteiger partial charge in [0.05, 0.1) is 6.20 Å². The summed E-state index contributed by atoms with van der Waals surface area (Å²) in [5.41, 5.74) is 0.877. The Morgan fingerprint density at radius 3 is 2.89 bits per heavy atom. The van der Waals surface area contributed by atoms with E-state index in [1.54, 1.807) is 18.6 Å². The van der Waals surface area contributed by atoms with Crippen LogP contribution in [0.4, 0.5) is 5.95 Å². The van der Waals surface area contributed by atoms with Gasteiger partial charge in [-0.3, -0.25) is 4.98 Å². The van der Waals surface area contributed by atoms with Gasteiger partial charge in [0, 0.05) is 29.0 Å². The lowest BCUT2D eigenvalue weighted by Crippen LogP contribution is -2.05. The number of nitrogens with one attached hydrogen (secondary N) is 1. The number of aryl methyl sites for hydroxylation is 1. The van der Waals surface area contributed by atoms with Crippen molar-refractivity contribution >= 4 is 21.9 Å². The van der Waals surface area contributed by atoms with Crippen molar-refractivity contribution in [1.82, 2.24) is 15.0 Å². The quantitative estimate of drug-likeness (QED) is 0.912. The standard InChI is InChI=1S/C13H15BrN4O/c1-3-4-16-13-17-6-9(2)12(18-13)19-11-5-10(14)7-15-8-11/h5-8H,3-4H2,1-2H3,(H,16,17,18). The zero-order chi connectivity index (χ0) is 13.7. The molecule has 0 saturated heterocycles. The normalized spacial score (nSPS) is 10.3. The maximum absolute atomic E-state index is 5.73. The van der Waals surface area contributed by atoms with E-state index in [1.165, 1.54) is 0 Å². The van der Waals surface area contributed by atoms with Crippen molar-refractivity contribution in [3.8, 4) is 11.6 Å². The Bertz CT molecular complexity index is 562. The second-order valence-corrected chi connectivity index (χ2v) is 4.97. The van der Waals surface area contributed by atoms with Crippen LogP contribution in [0.2, 0.25) is 0 Å². The summed E-state index contributed by atoms with van der Waals surface area (Å²) >= 11 is 3.36. The highest BCUT2D eigenvalue weighted by molar-refractivity contribution is 9.10. The molecule has 0 radical (unpaired) electrons. The zero-order valence-corrected chi connectivity index (χ0v) is 12.4. The van der Waals surface area contributed by atoms with Gasteiger partial charge in [-0.15, -0.1) is 0 Å². The molecule has 100 valence electrons. The Kier molecular flexibility index (Phi) is 4.68. The Labute approximate surface area is 120 Å². The summed E-state index contributed by atoms with van der Waals surface area (Å²) in [5.74, 6) is 1.75. The molecule has 0 unspecified atom stereocenters. The van der Waals surface area contributed by atoms with E-state index in [0.29, 0.717) is 17.6 Å². The Morgan fingerprint density at radius 2 is 2.16 bits per heavy atom. The summed E-state index contributed by atoms with van der Waals surface area (Å²) in [7, 11) is 0. The number of hydrogen-bond donors (Lipinski definition) is 1. The second kappa shape index (κ2) is 6.47. The molecule has 0 saturated carbocycles. The molecule has 0 aliphatic rings. The van der Waals surface area contributed by atoms with Gasteiger partial charge in [0.25, 0.3) is 0 Å². The fourth-order valence-electron chi connectivity index (χ4n) is 1.41. The molecular formula is C13H15BrN4O. The Morgan fingerprint density at radius 1 is 1.32 bits per heavy atom. The lowest BCUT2D eigenvalue weighted by atomic mass is 10.4. The van der Waals surface area contributed by atoms with Gasteiger partial charge >= 0.3 is 0 Å². The largest absolute Gasteiger partial charge is 0.437 e. The molecule has 0 atom stereocenters. The minimum Gasteiger partial charge on any atom is -0.437 e. The van der Waals surface area contributed by atoms with Crippen molar-refractivity contribution in [1.29, 1.82) is 0 Å². The number of hydrogen-bond acceptors (Lipinski definition) is 5. The monoisotopic (exact) mass is 322 g/mol. The first kappa shape index (κ1) is 13.7. The predicted octanol–water partition coefficient (Wildman–Crippen LogP) is 3.56. The van der Waals surface area contributed by atoms with Crippen molar-refractivity contribution in [3.63, 3.8) is 0 Å². The van der Waals surface area contributed by atoms with Crippen LogP contribution in [0.1, 0.15) is 18.9 Å². The van der Waals surface area contributed by atoms with Crippen LogP contribution in [0.15, 0.2) is 29.1 Å². The molecule has 5 nitrogen and oxygen atoms in total. The molecule has 2 aromatic heterocycles. The highest BCUT2D eigenvalue weighted by Crippen LogP contribution is 2.24. The second-order valence-electron chi connectivity index (χ2n) is 4.05. The van der Waals surface area contributed by atoms with Gasteiger partial charge in [-0.1, -0.05) is 6.92 Å². The SMILES string of the molecule is CCCNc1ncc(C)c(Oc2cncc(Br)c2)n1. The van der Waals surface area contributed by atoms with Crippen LogP contribution in [-0.2, 0) is 0 Å². The number of rotatable bonds is 5. The van der Waals surface area contributed by atoms with E-state index < -0.39 is 0 Å². The average Bonchev–Trinajstić information content (AvgIpc) is 2.40. The maximum atomic E-state index is 5.73. The van der Waals surface area contributed by atoms with Crippen molar-refractivity contribution in [2.45, 2.75) is 20.3 Å². The van der Waals surface area contributed by atoms with Crippen LogP contribution < -0.4 is 10.1 Å². The minimum atomic E-state index is 0.536. The van der Waals surface area contributed by atoms with Crippen LogP contribution in [0, 0.1) is 6.92 Å². The fourth-order valence-corrected chi connectivity index (χ4v) is 1.76. The van der Waals surface area contributed by atoms with E-state index in [2.05, 4.69) is 43.1 Å². The summed E-state index contributed by atoms with van der Waals surface area (Å²) < 4.78 is 6.59. The molecule has 0 bridgehead atoms. The van der Waals surface area contributed by atoms with Gasteiger partial charge in [-0.25, -0.2) is 4.98 Å². The van der Waals surface area contributed by atoms with Gasteiger partial charge in [-0.05, 0) is 35.3 Å². The molecular weight excluding hydrogens is 308 g/mol. The third-order valence-corrected chi connectivity index (χ3v) is 2.79.